The van der Waals surface area contributed by atoms with E-state index in [0.29, 0.717) is 23.3 Å². The largest absolute Gasteiger partial charge is 0.427 e. The maximum Gasteiger partial charge on any atom is 0.348 e. The highest BCUT2D eigenvalue weighted by Gasteiger charge is 2.35. The quantitative estimate of drug-likeness (QED) is 0.410. The first-order chi connectivity index (χ1) is 11.7. The van der Waals surface area contributed by atoms with E-state index in [9.17, 15) is 4.79 Å². The van der Waals surface area contributed by atoms with E-state index in [1.807, 2.05) is 42.5 Å². The summed E-state index contributed by atoms with van der Waals surface area (Å²) in [6, 6.07) is 13.9. The number of cyclic esters (lactones) is 1. The van der Waals surface area contributed by atoms with Gasteiger partial charge < -0.3 is 18.9 Å². The van der Waals surface area contributed by atoms with E-state index in [0.717, 1.165) is 16.3 Å². The molecule has 0 amide bonds. The number of rotatable bonds is 7. The van der Waals surface area contributed by atoms with Gasteiger partial charge in [0, 0.05) is 12.7 Å². The van der Waals surface area contributed by atoms with Crippen molar-refractivity contribution < 1.29 is 23.7 Å². The Kier molecular flexibility index (Phi) is 5.63. The van der Waals surface area contributed by atoms with Crippen LogP contribution < -0.4 is 0 Å². The van der Waals surface area contributed by atoms with E-state index < -0.39 is 12.3 Å². The van der Waals surface area contributed by atoms with E-state index in [4.69, 9.17) is 18.9 Å². The number of fused-ring (bicyclic) bond motifs is 1. The molecule has 24 heavy (non-hydrogen) atoms. The van der Waals surface area contributed by atoms with Crippen LogP contribution in [-0.2, 0) is 23.7 Å². The van der Waals surface area contributed by atoms with Crippen LogP contribution in [0.1, 0.15) is 5.56 Å². The summed E-state index contributed by atoms with van der Waals surface area (Å²) >= 11 is 3.33. The number of esters is 1. The first kappa shape index (κ1) is 17.1. The minimum atomic E-state index is -0.805. The summed E-state index contributed by atoms with van der Waals surface area (Å²) in [6.45, 7) is 0.894. The Balaban J connectivity index is 1.86. The summed E-state index contributed by atoms with van der Waals surface area (Å²) < 4.78 is 21.5. The van der Waals surface area contributed by atoms with Gasteiger partial charge in [-0.05, 0) is 32.3 Å². The van der Waals surface area contributed by atoms with Crippen molar-refractivity contribution in [1.29, 1.82) is 0 Å². The lowest BCUT2D eigenvalue weighted by Crippen LogP contribution is -2.18. The molecule has 5 nitrogen and oxygen atoms in total. The molecular formula is C18H17BrO5. The van der Waals surface area contributed by atoms with Crippen LogP contribution in [0.2, 0.25) is 0 Å². The van der Waals surface area contributed by atoms with Gasteiger partial charge in [-0.1, -0.05) is 42.5 Å². The van der Waals surface area contributed by atoms with E-state index in [-0.39, 0.29) is 6.79 Å². The summed E-state index contributed by atoms with van der Waals surface area (Å²) in [6.07, 6.45) is -0.805. The monoisotopic (exact) mass is 392 g/mol. The molecule has 2 aromatic rings. The lowest BCUT2D eigenvalue weighted by Gasteiger charge is -2.16. The molecule has 1 heterocycles. The highest BCUT2D eigenvalue weighted by atomic mass is 79.9. The van der Waals surface area contributed by atoms with Gasteiger partial charge >= 0.3 is 5.97 Å². The van der Waals surface area contributed by atoms with Crippen LogP contribution in [0.3, 0.4) is 0 Å². The van der Waals surface area contributed by atoms with E-state index in [1.165, 1.54) is 0 Å². The van der Waals surface area contributed by atoms with Gasteiger partial charge in [0.15, 0.2) is 6.79 Å². The molecule has 0 spiro atoms. The van der Waals surface area contributed by atoms with Crippen LogP contribution in [0.25, 0.3) is 16.3 Å². The number of halogens is 1. The molecule has 0 fully saturated rings. The molecule has 0 saturated heterocycles. The van der Waals surface area contributed by atoms with Crippen molar-refractivity contribution in [2.45, 2.75) is 6.29 Å². The molecule has 0 aliphatic carbocycles. The minimum absolute atomic E-state index is 0.00977. The molecule has 2 aromatic carbocycles. The van der Waals surface area contributed by atoms with Crippen LogP contribution in [0.15, 0.2) is 46.9 Å². The number of carbonyl (C=O) groups is 1. The molecule has 0 aromatic heterocycles. The van der Waals surface area contributed by atoms with Crippen LogP contribution in [0.4, 0.5) is 0 Å². The summed E-state index contributed by atoms with van der Waals surface area (Å²) in [4.78, 5) is 12.0. The number of ether oxygens (including phenoxy) is 4. The average Bonchev–Trinajstić information content (AvgIpc) is 2.88. The second-order valence-corrected chi connectivity index (χ2v) is 5.97. The zero-order chi connectivity index (χ0) is 16.9. The van der Waals surface area contributed by atoms with E-state index in [1.54, 1.807) is 7.11 Å². The van der Waals surface area contributed by atoms with Gasteiger partial charge in [-0.3, -0.25) is 0 Å². The zero-order valence-electron chi connectivity index (χ0n) is 13.2. The minimum Gasteiger partial charge on any atom is -0.427 e. The second-order valence-electron chi connectivity index (χ2n) is 5.18. The Hall–Kier alpha value is -1.73. The maximum absolute atomic E-state index is 12.0. The molecule has 0 saturated carbocycles. The Bertz CT molecular complexity index is 766. The standard InChI is InChI=1S/C18H17BrO5/c1-21-9-10-22-11-23-18-15(16(19)17(20)24-18)14-8-4-6-12-5-2-3-7-13(12)14/h2-8,18H,9-11H2,1H3. The Morgan fingerprint density at radius 3 is 2.75 bits per heavy atom. The van der Waals surface area contributed by atoms with Crippen molar-refractivity contribution in [2.75, 3.05) is 27.1 Å². The van der Waals surface area contributed by atoms with Gasteiger partial charge in [0.2, 0.25) is 6.29 Å². The molecule has 1 atom stereocenters. The highest BCUT2D eigenvalue weighted by molar-refractivity contribution is 9.12. The van der Waals surface area contributed by atoms with Gasteiger partial charge in [0.25, 0.3) is 0 Å². The highest BCUT2D eigenvalue weighted by Crippen LogP contribution is 2.38. The molecule has 1 aliphatic rings. The van der Waals surface area contributed by atoms with Gasteiger partial charge in [-0.25, -0.2) is 4.79 Å². The zero-order valence-corrected chi connectivity index (χ0v) is 14.7. The van der Waals surface area contributed by atoms with Gasteiger partial charge in [0.05, 0.1) is 13.2 Å². The molecule has 3 rings (SSSR count). The first-order valence-corrected chi connectivity index (χ1v) is 8.28. The third kappa shape index (κ3) is 3.52. The van der Waals surface area contributed by atoms with Crippen LogP contribution in [-0.4, -0.2) is 39.4 Å². The number of carbonyl (C=O) groups excluding carboxylic acids is 1. The third-order valence-corrected chi connectivity index (χ3v) is 4.43. The Morgan fingerprint density at radius 2 is 1.92 bits per heavy atom. The van der Waals surface area contributed by atoms with Crippen LogP contribution in [0.5, 0.6) is 0 Å². The predicted octanol–water partition coefficient (Wildman–Crippen LogP) is 3.47. The average molecular weight is 393 g/mol. The second kappa shape index (κ2) is 7.90. The summed E-state index contributed by atoms with van der Waals surface area (Å²) in [5.41, 5.74) is 1.57. The lowest BCUT2D eigenvalue weighted by atomic mass is 9.98. The molecule has 0 bridgehead atoms. The van der Waals surface area contributed by atoms with Crippen molar-refractivity contribution in [3.8, 4) is 0 Å². The van der Waals surface area contributed by atoms with Gasteiger partial charge in [0.1, 0.15) is 4.48 Å². The van der Waals surface area contributed by atoms with E-state index >= 15 is 0 Å². The number of benzene rings is 2. The molecule has 6 heteroatoms. The number of hydrogen-bond acceptors (Lipinski definition) is 5. The van der Waals surface area contributed by atoms with Crippen molar-refractivity contribution in [1.82, 2.24) is 0 Å². The fourth-order valence-corrected chi connectivity index (χ4v) is 3.05. The van der Waals surface area contributed by atoms with Gasteiger partial charge in [-0.15, -0.1) is 0 Å². The molecular weight excluding hydrogens is 376 g/mol. The SMILES string of the molecule is COCCOCOC1OC(=O)C(Br)=C1c1cccc2ccccc12. The van der Waals surface area contributed by atoms with Crippen LogP contribution in [0, 0.1) is 0 Å². The molecule has 0 radical (unpaired) electrons. The predicted molar refractivity (Wildman–Crippen MR) is 93.5 cm³/mol. The Labute approximate surface area is 148 Å². The third-order valence-electron chi connectivity index (χ3n) is 3.68. The van der Waals surface area contributed by atoms with Crippen molar-refractivity contribution in [3.05, 3.63) is 52.5 Å². The normalized spacial score (nSPS) is 17.6. The smallest absolute Gasteiger partial charge is 0.348 e. The Morgan fingerprint density at radius 1 is 1.12 bits per heavy atom. The fourth-order valence-electron chi connectivity index (χ4n) is 2.56. The summed E-state index contributed by atoms with van der Waals surface area (Å²) in [5.74, 6) is -0.445. The lowest BCUT2D eigenvalue weighted by molar-refractivity contribution is -0.177. The maximum atomic E-state index is 12.0. The van der Waals surface area contributed by atoms with Gasteiger partial charge in [-0.2, -0.15) is 0 Å². The van der Waals surface area contributed by atoms with Crippen molar-refractivity contribution in [3.63, 3.8) is 0 Å². The van der Waals surface area contributed by atoms with Crippen LogP contribution >= 0.6 is 15.9 Å². The number of hydrogen-bond donors (Lipinski definition) is 0. The fraction of sp³-hybridized carbons (Fsp3) is 0.278. The summed E-state index contributed by atoms with van der Waals surface area (Å²) in [7, 11) is 1.60. The number of methoxy groups -OCH3 is 1. The first-order valence-electron chi connectivity index (χ1n) is 7.49. The molecule has 126 valence electrons. The molecule has 1 unspecified atom stereocenters. The molecule has 0 N–H and O–H groups in total. The van der Waals surface area contributed by atoms with Crippen molar-refractivity contribution >= 4 is 38.2 Å². The summed E-state index contributed by atoms with van der Waals surface area (Å²) in [5, 5.41) is 2.11. The van der Waals surface area contributed by atoms with Crippen molar-refractivity contribution in [2.24, 2.45) is 0 Å². The topological polar surface area (TPSA) is 54.0 Å². The molecule has 1 aliphatic heterocycles. The van der Waals surface area contributed by atoms with E-state index in [2.05, 4.69) is 15.9 Å².